The van der Waals surface area contributed by atoms with Crippen molar-refractivity contribution in [2.75, 3.05) is 40.9 Å². The van der Waals surface area contributed by atoms with Crippen LogP contribution in [0.3, 0.4) is 0 Å². The minimum absolute atomic E-state index is 0.0705. The maximum absolute atomic E-state index is 12.9. The average Bonchev–Trinajstić information content (AvgIpc) is 3.33. The van der Waals surface area contributed by atoms with Gasteiger partial charge in [-0.25, -0.2) is 4.57 Å². The highest BCUT2D eigenvalue weighted by atomic mass is 31.2. The lowest BCUT2D eigenvalue weighted by atomic mass is 10.0. The van der Waals surface area contributed by atoms with Crippen LogP contribution < -0.4 is 5.32 Å². The topological polar surface area (TPSA) is 105 Å². The number of aliphatic hydroxyl groups excluding tert-OH is 1. The van der Waals surface area contributed by atoms with E-state index in [4.69, 9.17) is 9.05 Å². The second-order valence-electron chi connectivity index (χ2n) is 20.3. The number of phosphoric ester groups is 1. The summed E-state index contributed by atoms with van der Waals surface area (Å²) in [5.41, 5.74) is 0. The summed E-state index contributed by atoms with van der Waals surface area (Å²) >= 11 is 0. The molecule has 0 aromatic carbocycles. The van der Waals surface area contributed by atoms with E-state index in [1.54, 1.807) is 0 Å². The zero-order valence-corrected chi connectivity index (χ0v) is 47.3. The lowest BCUT2D eigenvalue weighted by Gasteiger charge is -2.26. The van der Waals surface area contributed by atoms with Crippen molar-refractivity contribution in [1.82, 2.24) is 5.32 Å². The van der Waals surface area contributed by atoms with E-state index in [1.165, 1.54) is 103 Å². The number of nitrogens with zero attached hydrogens (tertiary/aromatic N) is 1. The first-order chi connectivity index (χ1) is 34.5. The molecule has 0 aliphatic carbocycles. The number of quaternary nitrogens is 1. The Morgan fingerprint density at radius 3 is 1.24 bits per heavy atom. The monoisotopic (exact) mass is 1010 g/mol. The molecule has 0 aromatic heterocycles. The second kappa shape index (κ2) is 52.0. The molecular weight excluding hydrogens is 900 g/mol. The van der Waals surface area contributed by atoms with Gasteiger partial charge in [0.25, 0.3) is 0 Å². The fraction of sp³-hybridized carbons (Fsp3) is 0.694. The summed E-state index contributed by atoms with van der Waals surface area (Å²) in [6, 6.07) is -0.764. The molecule has 0 heterocycles. The van der Waals surface area contributed by atoms with E-state index >= 15 is 0 Å². The van der Waals surface area contributed by atoms with Gasteiger partial charge in [0.05, 0.1) is 39.9 Å². The van der Waals surface area contributed by atoms with Gasteiger partial charge in [0.2, 0.25) is 5.91 Å². The van der Waals surface area contributed by atoms with Gasteiger partial charge < -0.3 is 19.8 Å². The highest BCUT2D eigenvalue weighted by molar-refractivity contribution is 7.47. The number of aliphatic hydroxyl groups is 1. The van der Waals surface area contributed by atoms with Crippen LogP contribution in [0.1, 0.15) is 226 Å². The van der Waals surface area contributed by atoms with Crippen molar-refractivity contribution in [2.45, 2.75) is 238 Å². The highest BCUT2D eigenvalue weighted by Crippen LogP contribution is 2.43. The first kappa shape index (κ1) is 68.2. The smallest absolute Gasteiger partial charge is 0.391 e. The van der Waals surface area contributed by atoms with Crippen LogP contribution >= 0.6 is 7.82 Å². The molecule has 0 rings (SSSR count). The van der Waals surface area contributed by atoms with Crippen molar-refractivity contribution in [3.05, 3.63) is 109 Å². The molecule has 8 nitrogen and oxygen atoms in total. The maximum atomic E-state index is 12.9. The van der Waals surface area contributed by atoms with E-state index < -0.39 is 20.0 Å². The summed E-state index contributed by atoms with van der Waals surface area (Å²) in [5.74, 6) is -0.153. The molecule has 3 unspecified atom stereocenters. The number of unbranched alkanes of at least 4 members (excludes halogenated alkanes) is 20. The van der Waals surface area contributed by atoms with Gasteiger partial charge in [-0.1, -0.05) is 245 Å². The predicted molar refractivity (Wildman–Crippen MR) is 309 cm³/mol. The number of phosphoric acid groups is 1. The first-order valence-corrected chi connectivity index (χ1v) is 30.2. The number of allylic oxidation sites excluding steroid dienone is 18. The number of hydrogen-bond acceptors (Lipinski definition) is 5. The number of hydrogen-bond donors (Lipinski definition) is 3. The number of carbonyl (C=O) groups is 1. The Kier molecular flexibility index (Phi) is 50.0. The lowest BCUT2D eigenvalue weighted by Crippen LogP contribution is -2.46. The number of amides is 1. The molecule has 0 spiro atoms. The van der Waals surface area contributed by atoms with Gasteiger partial charge in [0.1, 0.15) is 13.2 Å². The van der Waals surface area contributed by atoms with Gasteiger partial charge >= 0.3 is 7.82 Å². The fourth-order valence-corrected chi connectivity index (χ4v) is 8.54. The highest BCUT2D eigenvalue weighted by Gasteiger charge is 2.28. The van der Waals surface area contributed by atoms with Crippen LogP contribution in [0.2, 0.25) is 0 Å². The van der Waals surface area contributed by atoms with E-state index in [0.717, 1.165) is 96.3 Å². The van der Waals surface area contributed by atoms with Crippen LogP contribution in [0, 0.1) is 0 Å². The van der Waals surface area contributed by atoms with Crippen LogP contribution in [0.15, 0.2) is 109 Å². The molecule has 0 aromatic rings. The van der Waals surface area contributed by atoms with Crippen LogP contribution in [-0.2, 0) is 18.4 Å². The molecule has 0 aliphatic rings. The zero-order valence-electron chi connectivity index (χ0n) is 46.4. The lowest BCUT2D eigenvalue weighted by molar-refractivity contribution is -0.870. The summed E-state index contributed by atoms with van der Waals surface area (Å²) in [6.45, 7) is 4.72. The van der Waals surface area contributed by atoms with Crippen LogP contribution in [0.25, 0.3) is 0 Å². The standard InChI is InChI=1S/C62H109N2O6P/c1-6-8-10-12-14-16-17-18-19-20-21-22-23-24-25-26-27-28-29-30-31-32-33-34-35-36-37-38-39-40-41-42-43-44-45-46-47-48-50-52-54-56-62(66)63-60(59-70-71(67,68)69-58-57-64(3,4)5)61(65)55-53-51-49-15-13-11-9-7-2/h8,10,14,16,18-19,21-22,24-25,27-28,30-31,33-34,36-37,60-61,65H,6-7,9,11-13,15,17,20,23,26,29,32,35,38-59H2,1-5H3,(H-,63,66,67,68)/p+1/b10-8-,16-14-,19-18-,22-21-,25-24-,28-27-,31-30-,34-33-,37-36-. The Morgan fingerprint density at radius 1 is 0.493 bits per heavy atom. The van der Waals surface area contributed by atoms with Crippen molar-refractivity contribution >= 4 is 13.7 Å². The van der Waals surface area contributed by atoms with Crippen molar-refractivity contribution in [2.24, 2.45) is 0 Å². The van der Waals surface area contributed by atoms with Gasteiger partial charge in [0.15, 0.2) is 0 Å². The molecule has 0 fully saturated rings. The van der Waals surface area contributed by atoms with E-state index in [0.29, 0.717) is 23.9 Å². The van der Waals surface area contributed by atoms with E-state index in [-0.39, 0.29) is 19.1 Å². The quantitative estimate of drug-likeness (QED) is 0.0243. The Morgan fingerprint density at radius 2 is 0.845 bits per heavy atom. The molecular formula is C62H110N2O6P+. The second-order valence-corrected chi connectivity index (χ2v) is 21.7. The molecule has 3 atom stereocenters. The molecule has 3 N–H and O–H groups in total. The molecule has 0 aliphatic heterocycles. The molecule has 9 heteroatoms. The molecule has 71 heavy (non-hydrogen) atoms. The Balaban J connectivity index is 3.92. The largest absolute Gasteiger partial charge is 0.472 e. The first-order valence-electron chi connectivity index (χ1n) is 28.8. The Bertz CT molecular complexity index is 1520. The van der Waals surface area contributed by atoms with Crippen molar-refractivity contribution in [3.63, 3.8) is 0 Å². The number of nitrogens with one attached hydrogen (secondary N) is 1. The third-order valence-corrected chi connectivity index (χ3v) is 13.3. The Hall–Kier alpha value is -2.84. The molecule has 0 saturated carbocycles. The number of likely N-dealkylation sites (N-methyl/N-ethyl adjacent to an activating group) is 1. The maximum Gasteiger partial charge on any atom is 0.472 e. The normalized spacial score (nSPS) is 14.7. The molecule has 408 valence electrons. The summed E-state index contributed by atoms with van der Waals surface area (Å²) in [4.78, 5) is 23.2. The van der Waals surface area contributed by atoms with Crippen LogP contribution in [0.5, 0.6) is 0 Å². The van der Waals surface area contributed by atoms with Gasteiger partial charge in [-0.2, -0.15) is 0 Å². The molecule has 0 bridgehead atoms. The van der Waals surface area contributed by atoms with Gasteiger partial charge in [-0.05, 0) is 83.5 Å². The third-order valence-electron chi connectivity index (χ3n) is 12.3. The predicted octanol–water partition coefficient (Wildman–Crippen LogP) is 17.6. The minimum atomic E-state index is -4.32. The van der Waals surface area contributed by atoms with E-state index in [2.05, 4.69) is 129 Å². The van der Waals surface area contributed by atoms with Crippen molar-refractivity contribution < 1.29 is 32.9 Å². The summed E-state index contributed by atoms with van der Waals surface area (Å²) in [5, 5.41) is 13.9. The molecule has 0 radical (unpaired) electrons. The van der Waals surface area contributed by atoms with Crippen molar-refractivity contribution in [3.8, 4) is 0 Å². The van der Waals surface area contributed by atoms with Crippen molar-refractivity contribution in [1.29, 1.82) is 0 Å². The summed E-state index contributed by atoms with van der Waals surface area (Å²) < 4.78 is 23.6. The third kappa shape index (κ3) is 54.8. The Labute approximate surface area is 438 Å². The van der Waals surface area contributed by atoms with E-state index in [9.17, 15) is 19.4 Å². The molecule has 1 amide bonds. The SMILES string of the molecule is CC/C=C\C/C=C\C/C=C\C/C=C\C/C=C\C/C=C\C/C=C\C/C=C\C/C=C\CCCCCCCCCCCCCCCC(=O)NC(COP(=O)(O)OCC[N+](C)(C)C)C(O)CCCCCCCCCC. The van der Waals surface area contributed by atoms with Crippen LogP contribution in [0.4, 0.5) is 0 Å². The van der Waals surface area contributed by atoms with Gasteiger partial charge in [-0.15, -0.1) is 0 Å². The average molecular weight is 1010 g/mol. The van der Waals surface area contributed by atoms with Crippen LogP contribution in [-0.4, -0.2) is 73.4 Å². The van der Waals surface area contributed by atoms with Gasteiger partial charge in [-0.3, -0.25) is 13.8 Å². The van der Waals surface area contributed by atoms with E-state index in [1.807, 2.05) is 21.1 Å². The summed E-state index contributed by atoms with van der Waals surface area (Å²) in [6.07, 6.45) is 76.0. The minimum Gasteiger partial charge on any atom is -0.391 e. The zero-order chi connectivity index (χ0) is 52.0. The van der Waals surface area contributed by atoms with Gasteiger partial charge in [0, 0.05) is 6.42 Å². The molecule has 0 saturated heterocycles. The summed E-state index contributed by atoms with van der Waals surface area (Å²) in [7, 11) is 1.60. The number of carbonyl (C=O) groups excluding carboxylic acids is 1. The fourth-order valence-electron chi connectivity index (χ4n) is 7.80. The number of rotatable bonds is 51.